The molecule has 0 aliphatic heterocycles. The Morgan fingerprint density at radius 2 is 2.39 bits per heavy atom. The van der Waals surface area contributed by atoms with Crippen LogP contribution in [0.2, 0.25) is 0 Å². The van der Waals surface area contributed by atoms with Crippen molar-refractivity contribution in [3.63, 3.8) is 0 Å². The maximum Gasteiger partial charge on any atom is 0.173 e. The summed E-state index contributed by atoms with van der Waals surface area (Å²) in [5, 5.41) is 15.8. The molecule has 18 heavy (non-hydrogen) atoms. The summed E-state index contributed by atoms with van der Waals surface area (Å²) >= 11 is 0. The van der Waals surface area contributed by atoms with Crippen LogP contribution in [-0.2, 0) is 6.54 Å². The van der Waals surface area contributed by atoms with Gasteiger partial charge in [0.15, 0.2) is 5.84 Å². The summed E-state index contributed by atoms with van der Waals surface area (Å²) < 4.78 is 7.03. The van der Waals surface area contributed by atoms with Crippen LogP contribution in [0.4, 0.5) is 0 Å². The van der Waals surface area contributed by atoms with E-state index in [1.165, 1.54) is 0 Å². The zero-order valence-corrected chi connectivity index (χ0v) is 9.95. The molecule has 0 bridgehead atoms. The number of aromatic nitrogens is 2. The van der Waals surface area contributed by atoms with Gasteiger partial charge in [0.1, 0.15) is 5.75 Å². The van der Waals surface area contributed by atoms with Crippen LogP contribution < -0.4 is 10.5 Å². The molecule has 1 heterocycles. The molecule has 0 unspecified atom stereocenters. The van der Waals surface area contributed by atoms with Crippen LogP contribution in [0, 0.1) is 0 Å². The van der Waals surface area contributed by atoms with Gasteiger partial charge in [-0.3, -0.25) is 4.68 Å². The molecule has 0 aliphatic rings. The molecule has 0 spiro atoms. The Kier molecular flexibility index (Phi) is 3.47. The van der Waals surface area contributed by atoms with E-state index in [1.807, 2.05) is 24.4 Å². The predicted molar refractivity (Wildman–Crippen MR) is 66.8 cm³/mol. The van der Waals surface area contributed by atoms with Crippen LogP contribution in [-0.4, -0.2) is 27.9 Å². The Bertz CT molecular complexity index is 549. The molecule has 0 aliphatic carbocycles. The summed E-state index contributed by atoms with van der Waals surface area (Å²) in [5.74, 6) is 0.590. The van der Waals surface area contributed by atoms with Crippen molar-refractivity contribution >= 4 is 5.84 Å². The maximum absolute atomic E-state index is 8.68. The Balaban J connectivity index is 2.30. The van der Waals surface area contributed by atoms with E-state index in [2.05, 4.69) is 10.3 Å². The highest BCUT2D eigenvalue weighted by Gasteiger charge is 2.08. The largest absolute Gasteiger partial charge is 0.496 e. The van der Waals surface area contributed by atoms with Crippen molar-refractivity contribution in [1.82, 2.24) is 9.78 Å². The average Bonchev–Trinajstić information content (AvgIpc) is 2.90. The molecule has 2 rings (SSSR count). The number of rotatable bonds is 4. The lowest BCUT2D eigenvalue weighted by Gasteiger charge is -2.09. The normalized spacial score (nSPS) is 11.5. The summed E-state index contributed by atoms with van der Waals surface area (Å²) in [6.07, 6.45) is 3.60. The Hall–Kier alpha value is -2.50. The molecule has 6 heteroatoms. The van der Waals surface area contributed by atoms with E-state index in [4.69, 9.17) is 15.7 Å². The van der Waals surface area contributed by atoms with Gasteiger partial charge in [0.05, 0.1) is 19.2 Å². The van der Waals surface area contributed by atoms with Crippen molar-refractivity contribution in [2.45, 2.75) is 6.54 Å². The second-order valence-electron chi connectivity index (χ2n) is 3.72. The molecule has 1 aromatic carbocycles. The number of hydrogen-bond donors (Lipinski definition) is 2. The number of nitrogens with two attached hydrogens (primary N) is 1. The van der Waals surface area contributed by atoms with Gasteiger partial charge in [0, 0.05) is 12.4 Å². The number of ether oxygens (including phenoxy) is 1. The van der Waals surface area contributed by atoms with Crippen molar-refractivity contribution in [3.05, 3.63) is 47.8 Å². The highest BCUT2D eigenvalue weighted by Crippen LogP contribution is 2.20. The lowest BCUT2D eigenvalue weighted by atomic mass is 10.1. The zero-order valence-electron chi connectivity index (χ0n) is 9.95. The molecule has 94 valence electrons. The van der Waals surface area contributed by atoms with Crippen molar-refractivity contribution in [2.75, 3.05) is 7.11 Å². The van der Waals surface area contributed by atoms with Crippen molar-refractivity contribution in [3.8, 4) is 5.75 Å². The molecule has 0 radical (unpaired) electrons. The standard InChI is InChI=1S/C12H14N4O2/c1-18-11-7-9(8-16-6-2-5-14-16)3-4-10(11)12(13)15-17/h2-7,17H,8H2,1H3,(H2,13,15). The first-order valence-corrected chi connectivity index (χ1v) is 5.37. The molecule has 6 nitrogen and oxygen atoms in total. The number of benzene rings is 1. The van der Waals surface area contributed by atoms with Gasteiger partial charge in [-0.1, -0.05) is 11.2 Å². The lowest BCUT2D eigenvalue weighted by Crippen LogP contribution is -2.14. The van der Waals surface area contributed by atoms with E-state index < -0.39 is 0 Å². The van der Waals surface area contributed by atoms with Gasteiger partial charge in [-0.2, -0.15) is 5.10 Å². The Morgan fingerprint density at radius 1 is 1.56 bits per heavy atom. The molecule has 2 aromatic rings. The number of hydrogen-bond acceptors (Lipinski definition) is 4. The number of methoxy groups -OCH3 is 1. The first kappa shape index (κ1) is 12.0. The van der Waals surface area contributed by atoms with Gasteiger partial charge in [-0.05, 0) is 23.8 Å². The van der Waals surface area contributed by atoms with Gasteiger partial charge in [-0.15, -0.1) is 0 Å². The number of amidine groups is 1. The third kappa shape index (κ3) is 2.42. The van der Waals surface area contributed by atoms with Crippen molar-refractivity contribution in [2.24, 2.45) is 10.9 Å². The summed E-state index contributed by atoms with van der Waals surface area (Å²) in [6, 6.07) is 7.35. The van der Waals surface area contributed by atoms with Crippen LogP contribution in [0.3, 0.4) is 0 Å². The molecule has 0 fully saturated rings. The fourth-order valence-corrected chi connectivity index (χ4v) is 1.68. The molecule has 0 amide bonds. The highest BCUT2D eigenvalue weighted by atomic mass is 16.5. The third-order valence-corrected chi connectivity index (χ3v) is 2.55. The molecular formula is C12H14N4O2. The van der Waals surface area contributed by atoms with Gasteiger partial charge in [-0.25, -0.2) is 0 Å². The molecule has 0 saturated heterocycles. The maximum atomic E-state index is 8.68. The quantitative estimate of drug-likeness (QED) is 0.365. The number of oxime groups is 1. The minimum Gasteiger partial charge on any atom is -0.496 e. The first-order chi connectivity index (χ1) is 8.74. The highest BCUT2D eigenvalue weighted by molar-refractivity contribution is 5.99. The average molecular weight is 246 g/mol. The van der Waals surface area contributed by atoms with Crippen LogP contribution >= 0.6 is 0 Å². The van der Waals surface area contributed by atoms with Crippen LogP contribution in [0.25, 0.3) is 0 Å². The second kappa shape index (κ2) is 5.22. The Morgan fingerprint density at radius 3 is 3.00 bits per heavy atom. The van der Waals surface area contributed by atoms with Gasteiger partial charge < -0.3 is 15.7 Å². The molecular weight excluding hydrogens is 232 g/mol. The third-order valence-electron chi connectivity index (χ3n) is 2.55. The van der Waals surface area contributed by atoms with Crippen molar-refractivity contribution < 1.29 is 9.94 Å². The number of nitrogens with zero attached hydrogens (tertiary/aromatic N) is 3. The molecule has 0 saturated carbocycles. The van der Waals surface area contributed by atoms with Gasteiger partial charge in [0.25, 0.3) is 0 Å². The fourth-order valence-electron chi connectivity index (χ4n) is 1.68. The van der Waals surface area contributed by atoms with Gasteiger partial charge >= 0.3 is 0 Å². The predicted octanol–water partition coefficient (Wildman–Crippen LogP) is 1.03. The fraction of sp³-hybridized carbons (Fsp3) is 0.167. The smallest absolute Gasteiger partial charge is 0.173 e. The van der Waals surface area contributed by atoms with Crippen LogP contribution in [0.5, 0.6) is 5.75 Å². The minimum absolute atomic E-state index is 0.0255. The summed E-state index contributed by atoms with van der Waals surface area (Å²) in [7, 11) is 1.54. The minimum atomic E-state index is 0.0255. The molecule has 3 N–H and O–H groups in total. The summed E-state index contributed by atoms with van der Waals surface area (Å²) in [6.45, 7) is 0.639. The topological polar surface area (TPSA) is 85.7 Å². The SMILES string of the molecule is COc1cc(Cn2cccn2)ccc1/C(N)=N/O. The monoisotopic (exact) mass is 246 g/mol. The molecule has 1 aromatic heterocycles. The van der Waals surface area contributed by atoms with Crippen molar-refractivity contribution in [1.29, 1.82) is 0 Å². The Labute approximate surface area is 104 Å². The van der Waals surface area contributed by atoms with Crippen LogP contribution in [0.15, 0.2) is 41.8 Å². The van der Waals surface area contributed by atoms with E-state index in [0.717, 1.165) is 5.56 Å². The molecule has 0 atom stereocenters. The van der Waals surface area contributed by atoms with E-state index in [-0.39, 0.29) is 5.84 Å². The van der Waals surface area contributed by atoms with Crippen LogP contribution in [0.1, 0.15) is 11.1 Å². The summed E-state index contributed by atoms with van der Waals surface area (Å²) in [5.41, 5.74) is 7.14. The lowest BCUT2D eigenvalue weighted by molar-refractivity contribution is 0.318. The van der Waals surface area contributed by atoms with E-state index in [1.54, 1.807) is 24.1 Å². The first-order valence-electron chi connectivity index (χ1n) is 5.37. The van der Waals surface area contributed by atoms with E-state index in [0.29, 0.717) is 17.9 Å². The van der Waals surface area contributed by atoms with E-state index in [9.17, 15) is 0 Å². The second-order valence-corrected chi connectivity index (χ2v) is 3.72. The van der Waals surface area contributed by atoms with Gasteiger partial charge in [0.2, 0.25) is 0 Å². The zero-order chi connectivity index (χ0) is 13.0. The van der Waals surface area contributed by atoms with E-state index >= 15 is 0 Å². The summed E-state index contributed by atoms with van der Waals surface area (Å²) in [4.78, 5) is 0.